The Balaban J connectivity index is 1.90. The van der Waals surface area contributed by atoms with Gasteiger partial charge in [0.25, 0.3) is 5.56 Å². The van der Waals surface area contributed by atoms with E-state index in [4.69, 9.17) is 4.74 Å². The molecular weight excluding hydrogens is 423 g/mol. The van der Waals surface area contributed by atoms with Crippen molar-refractivity contribution < 1.29 is 13.9 Å². The zero-order valence-corrected chi connectivity index (χ0v) is 17.6. The lowest BCUT2D eigenvalue weighted by atomic mass is 10.0. The molecular formula is C22H17FN2O3S2. The van der Waals surface area contributed by atoms with Crippen LogP contribution in [0.5, 0.6) is 0 Å². The van der Waals surface area contributed by atoms with Crippen molar-refractivity contribution in [2.45, 2.75) is 13.0 Å². The second-order valence-corrected chi connectivity index (χ2v) is 8.52. The number of carbonyl (C=O) groups is 1. The summed E-state index contributed by atoms with van der Waals surface area (Å²) in [6, 6.07) is 9.03. The van der Waals surface area contributed by atoms with Gasteiger partial charge in [0.1, 0.15) is 18.5 Å². The van der Waals surface area contributed by atoms with E-state index in [0.29, 0.717) is 26.2 Å². The van der Waals surface area contributed by atoms with Crippen LogP contribution < -0.4 is 14.9 Å². The Kier molecular flexibility index (Phi) is 5.61. The third-order valence-electron chi connectivity index (χ3n) is 4.55. The molecule has 1 aliphatic rings. The van der Waals surface area contributed by atoms with Gasteiger partial charge in [-0.3, -0.25) is 9.36 Å². The maximum absolute atomic E-state index is 13.3. The quantitative estimate of drug-likeness (QED) is 0.452. The minimum atomic E-state index is -0.617. The van der Waals surface area contributed by atoms with Crippen molar-refractivity contribution in [1.82, 2.24) is 4.57 Å². The summed E-state index contributed by atoms with van der Waals surface area (Å²) in [6.07, 6.45) is 3.19. The molecule has 8 heteroatoms. The van der Waals surface area contributed by atoms with Gasteiger partial charge < -0.3 is 4.74 Å². The van der Waals surface area contributed by atoms with Crippen molar-refractivity contribution in [1.29, 1.82) is 0 Å². The van der Waals surface area contributed by atoms with E-state index in [1.54, 1.807) is 25.1 Å². The number of esters is 1. The highest BCUT2D eigenvalue weighted by Crippen LogP contribution is 2.33. The average Bonchev–Trinajstić information content (AvgIpc) is 3.36. The van der Waals surface area contributed by atoms with Crippen LogP contribution in [0.4, 0.5) is 4.39 Å². The van der Waals surface area contributed by atoms with Crippen LogP contribution in [-0.4, -0.2) is 17.1 Å². The molecule has 3 aromatic rings. The zero-order chi connectivity index (χ0) is 21.3. The number of hydrogen-bond acceptors (Lipinski definition) is 6. The number of thiophene rings is 1. The van der Waals surface area contributed by atoms with Gasteiger partial charge in [-0.25, -0.2) is 14.2 Å². The maximum atomic E-state index is 13.3. The largest absolute Gasteiger partial charge is 0.458 e. The number of benzene rings is 1. The fraction of sp³-hybridized carbons (Fsp3) is 0.136. The summed E-state index contributed by atoms with van der Waals surface area (Å²) in [7, 11) is 0. The molecule has 4 rings (SSSR count). The van der Waals surface area contributed by atoms with E-state index in [-0.39, 0.29) is 18.0 Å². The maximum Gasteiger partial charge on any atom is 0.338 e. The standard InChI is InChI=1S/C22H17FN2O3S2/c1-3-10-28-21(27)18-13(2)24-22-25(19(18)16-5-4-11-29-16)20(26)17(30-22)12-14-6-8-15(23)9-7-14/h3-9,11-12,19H,1,10H2,2H3. The van der Waals surface area contributed by atoms with Crippen molar-refractivity contribution >= 4 is 34.7 Å². The summed E-state index contributed by atoms with van der Waals surface area (Å²) in [5, 5.41) is 1.89. The van der Waals surface area contributed by atoms with Crippen LogP contribution in [0.25, 0.3) is 6.08 Å². The number of thiazole rings is 1. The SMILES string of the molecule is C=CCOC(=O)C1=C(C)N=c2sc(=Cc3ccc(F)cc3)c(=O)n2C1c1cccs1. The second kappa shape index (κ2) is 8.33. The molecule has 5 nitrogen and oxygen atoms in total. The number of ether oxygens (including phenoxy) is 1. The van der Waals surface area contributed by atoms with E-state index >= 15 is 0 Å². The molecule has 0 bridgehead atoms. The Bertz CT molecular complexity index is 1320. The van der Waals surface area contributed by atoms with Crippen LogP contribution in [0.2, 0.25) is 0 Å². The van der Waals surface area contributed by atoms with E-state index in [1.165, 1.54) is 45.4 Å². The summed E-state index contributed by atoms with van der Waals surface area (Å²) in [4.78, 5) is 31.9. The van der Waals surface area contributed by atoms with Crippen LogP contribution in [0.1, 0.15) is 23.4 Å². The Hall–Kier alpha value is -3.10. The zero-order valence-electron chi connectivity index (χ0n) is 16.0. The molecule has 0 saturated heterocycles. The molecule has 1 atom stereocenters. The van der Waals surface area contributed by atoms with Crippen LogP contribution in [0, 0.1) is 5.82 Å². The summed E-state index contributed by atoms with van der Waals surface area (Å²) in [5.41, 5.74) is 1.29. The van der Waals surface area contributed by atoms with Crippen molar-refractivity contribution in [3.05, 3.63) is 102 Å². The molecule has 152 valence electrons. The molecule has 1 aromatic carbocycles. The Labute approximate surface area is 179 Å². The van der Waals surface area contributed by atoms with E-state index < -0.39 is 12.0 Å². The van der Waals surface area contributed by atoms with Crippen molar-refractivity contribution in [2.75, 3.05) is 6.61 Å². The number of fused-ring (bicyclic) bond motifs is 1. The van der Waals surface area contributed by atoms with Gasteiger partial charge in [-0.15, -0.1) is 11.3 Å². The third kappa shape index (κ3) is 3.71. The molecule has 0 radical (unpaired) electrons. The van der Waals surface area contributed by atoms with Gasteiger partial charge in [-0.1, -0.05) is 42.2 Å². The van der Waals surface area contributed by atoms with Gasteiger partial charge in [0.05, 0.1) is 15.8 Å². The van der Waals surface area contributed by atoms with Crippen LogP contribution in [0.3, 0.4) is 0 Å². The lowest BCUT2D eigenvalue weighted by molar-refractivity contribution is -0.138. The van der Waals surface area contributed by atoms with Gasteiger partial charge in [-0.2, -0.15) is 0 Å². The first-order valence-electron chi connectivity index (χ1n) is 9.09. The molecule has 0 saturated carbocycles. The average molecular weight is 441 g/mol. The Morgan fingerprint density at radius 3 is 2.77 bits per heavy atom. The number of allylic oxidation sites excluding steroid dienone is 1. The van der Waals surface area contributed by atoms with Crippen molar-refractivity contribution in [2.24, 2.45) is 4.99 Å². The summed E-state index contributed by atoms with van der Waals surface area (Å²) in [5.74, 6) is -0.869. The predicted molar refractivity (Wildman–Crippen MR) is 116 cm³/mol. The lowest BCUT2D eigenvalue weighted by Crippen LogP contribution is -2.39. The molecule has 1 aliphatic heterocycles. The molecule has 0 spiro atoms. The number of nitrogens with zero attached hydrogens (tertiary/aromatic N) is 2. The number of rotatable bonds is 5. The first-order chi connectivity index (χ1) is 14.5. The van der Waals surface area contributed by atoms with E-state index in [0.717, 1.165) is 4.88 Å². The highest BCUT2D eigenvalue weighted by molar-refractivity contribution is 7.10. The first kappa shape index (κ1) is 20.2. The monoisotopic (exact) mass is 440 g/mol. The van der Waals surface area contributed by atoms with Crippen molar-refractivity contribution in [3.63, 3.8) is 0 Å². The fourth-order valence-corrected chi connectivity index (χ4v) is 5.09. The number of carbonyl (C=O) groups excluding carboxylic acids is 1. The molecule has 0 fully saturated rings. The Morgan fingerprint density at radius 1 is 1.33 bits per heavy atom. The lowest BCUT2D eigenvalue weighted by Gasteiger charge is -2.23. The highest BCUT2D eigenvalue weighted by Gasteiger charge is 2.33. The number of hydrogen-bond donors (Lipinski definition) is 0. The molecule has 2 aromatic heterocycles. The minimum Gasteiger partial charge on any atom is -0.458 e. The number of halogens is 1. The van der Waals surface area contributed by atoms with Crippen LogP contribution in [0.15, 0.2) is 75.5 Å². The highest BCUT2D eigenvalue weighted by atomic mass is 32.1. The third-order valence-corrected chi connectivity index (χ3v) is 6.46. The Morgan fingerprint density at radius 2 is 2.10 bits per heavy atom. The topological polar surface area (TPSA) is 60.7 Å². The van der Waals surface area contributed by atoms with E-state index in [2.05, 4.69) is 11.6 Å². The van der Waals surface area contributed by atoms with Gasteiger partial charge in [0.15, 0.2) is 4.80 Å². The minimum absolute atomic E-state index is 0.0712. The first-order valence-corrected chi connectivity index (χ1v) is 10.8. The summed E-state index contributed by atoms with van der Waals surface area (Å²) < 4.78 is 20.5. The van der Waals surface area contributed by atoms with Gasteiger partial charge in [0.2, 0.25) is 0 Å². The molecule has 1 unspecified atom stereocenters. The molecule has 0 amide bonds. The fourth-order valence-electron chi connectivity index (χ4n) is 3.22. The smallest absolute Gasteiger partial charge is 0.338 e. The molecule has 3 heterocycles. The normalized spacial score (nSPS) is 16.2. The second-order valence-electron chi connectivity index (χ2n) is 6.54. The van der Waals surface area contributed by atoms with E-state index in [1.807, 2.05) is 17.5 Å². The van der Waals surface area contributed by atoms with Gasteiger partial charge >= 0.3 is 5.97 Å². The van der Waals surface area contributed by atoms with E-state index in [9.17, 15) is 14.0 Å². The van der Waals surface area contributed by atoms with Crippen LogP contribution >= 0.6 is 22.7 Å². The van der Waals surface area contributed by atoms with Crippen molar-refractivity contribution in [3.8, 4) is 0 Å². The molecule has 0 N–H and O–H groups in total. The predicted octanol–water partition coefficient (Wildman–Crippen LogP) is 3.17. The van der Waals surface area contributed by atoms with Gasteiger partial charge in [0, 0.05) is 4.88 Å². The summed E-state index contributed by atoms with van der Waals surface area (Å²) in [6.45, 7) is 5.38. The van der Waals surface area contributed by atoms with Gasteiger partial charge in [-0.05, 0) is 42.1 Å². The summed E-state index contributed by atoms with van der Waals surface area (Å²) >= 11 is 2.69. The van der Waals surface area contributed by atoms with Crippen LogP contribution in [-0.2, 0) is 9.53 Å². The number of aromatic nitrogens is 1. The molecule has 0 aliphatic carbocycles. The molecule has 30 heavy (non-hydrogen) atoms.